The van der Waals surface area contributed by atoms with Crippen LogP contribution in [-0.4, -0.2) is 31.8 Å². The zero-order valence-electron chi connectivity index (χ0n) is 15.6. The number of non-ortho nitro benzene ring substituents is 1. The van der Waals surface area contributed by atoms with E-state index in [1.807, 2.05) is 4.72 Å². The number of nitrogens with zero attached hydrogens (tertiary/aromatic N) is 1. The number of hydrogen-bond donors (Lipinski definition) is 1. The van der Waals surface area contributed by atoms with E-state index in [1.165, 1.54) is 24.3 Å². The highest BCUT2D eigenvalue weighted by molar-refractivity contribution is 7.90. The van der Waals surface area contributed by atoms with Crippen LogP contribution in [0.3, 0.4) is 0 Å². The van der Waals surface area contributed by atoms with Gasteiger partial charge in [0.05, 0.1) is 22.0 Å². The highest BCUT2D eigenvalue weighted by Gasteiger charge is 2.22. The SMILES string of the molecule is CCOC(=O)/C=C(/C(=O)NS(=O)(=O)c1ccc(C)cc1)c1ccc([N+](=O)[O-])cc1. The third-order valence-corrected chi connectivity index (χ3v) is 5.09. The minimum Gasteiger partial charge on any atom is -0.463 e. The Labute approximate surface area is 167 Å². The Bertz CT molecular complexity index is 1060. The molecule has 0 radical (unpaired) electrons. The number of nitro groups is 1. The van der Waals surface area contributed by atoms with Crippen molar-refractivity contribution in [3.8, 4) is 0 Å². The Hall–Kier alpha value is -3.53. The second-order valence-electron chi connectivity index (χ2n) is 5.86. The molecule has 0 bridgehead atoms. The van der Waals surface area contributed by atoms with Gasteiger partial charge >= 0.3 is 5.97 Å². The van der Waals surface area contributed by atoms with Crippen LogP contribution < -0.4 is 4.72 Å². The van der Waals surface area contributed by atoms with Crippen LogP contribution in [0.5, 0.6) is 0 Å². The van der Waals surface area contributed by atoms with E-state index in [2.05, 4.69) is 0 Å². The smallest absolute Gasteiger partial charge is 0.331 e. The molecule has 0 spiro atoms. The Kier molecular flexibility index (Phi) is 6.84. The number of rotatable bonds is 7. The van der Waals surface area contributed by atoms with E-state index in [0.29, 0.717) is 0 Å². The lowest BCUT2D eigenvalue weighted by molar-refractivity contribution is -0.384. The minimum absolute atomic E-state index is 0.0478. The van der Waals surface area contributed by atoms with Crippen LogP contribution >= 0.6 is 0 Å². The molecule has 1 amide bonds. The lowest BCUT2D eigenvalue weighted by atomic mass is 10.0. The van der Waals surface area contributed by atoms with E-state index in [4.69, 9.17) is 4.74 Å². The second-order valence-corrected chi connectivity index (χ2v) is 7.54. The van der Waals surface area contributed by atoms with Gasteiger partial charge in [-0.25, -0.2) is 17.9 Å². The number of sulfonamides is 1. The average Bonchev–Trinajstić information content (AvgIpc) is 2.66. The lowest BCUT2D eigenvalue weighted by Gasteiger charge is -2.10. The Morgan fingerprint density at radius 3 is 2.21 bits per heavy atom. The van der Waals surface area contributed by atoms with Crippen molar-refractivity contribution in [1.82, 2.24) is 4.72 Å². The Morgan fingerprint density at radius 2 is 1.69 bits per heavy atom. The summed E-state index contributed by atoms with van der Waals surface area (Å²) in [6.07, 6.45) is 0.838. The maximum Gasteiger partial charge on any atom is 0.331 e. The van der Waals surface area contributed by atoms with Gasteiger partial charge in [0.15, 0.2) is 0 Å². The number of carbonyl (C=O) groups excluding carboxylic acids is 2. The summed E-state index contributed by atoms with van der Waals surface area (Å²) < 4.78 is 31.6. The first kappa shape index (κ1) is 21.8. The van der Waals surface area contributed by atoms with Crippen LogP contribution in [0.25, 0.3) is 5.57 Å². The van der Waals surface area contributed by atoms with Crippen LogP contribution in [0.2, 0.25) is 0 Å². The fraction of sp³-hybridized carbons (Fsp3) is 0.158. The fourth-order valence-electron chi connectivity index (χ4n) is 2.30. The number of nitrogens with one attached hydrogen (secondary N) is 1. The molecule has 0 aliphatic rings. The molecule has 10 heteroatoms. The van der Waals surface area contributed by atoms with Gasteiger partial charge in [-0.15, -0.1) is 0 Å². The maximum atomic E-state index is 12.7. The zero-order chi connectivity index (χ0) is 21.6. The number of carbonyl (C=O) groups is 2. The number of nitro benzene ring substituents is 1. The summed E-state index contributed by atoms with van der Waals surface area (Å²) >= 11 is 0. The molecule has 152 valence electrons. The number of ether oxygens (including phenoxy) is 1. The quantitative estimate of drug-likeness (QED) is 0.316. The lowest BCUT2D eigenvalue weighted by Crippen LogP contribution is -2.31. The maximum absolute atomic E-state index is 12.7. The van der Waals surface area contributed by atoms with E-state index in [9.17, 15) is 28.1 Å². The first-order valence-electron chi connectivity index (χ1n) is 8.41. The Morgan fingerprint density at radius 1 is 1.10 bits per heavy atom. The van der Waals surface area contributed by atoms with Crippen LogP contribution in [0.15, 0.2) is 59.5 Å². The topological polar surface area (TPSA) is 133 Å². The standard InChI is InChI=1S/C19H18N2O7S/c1-3-28-18(22)12-17(14-6-8-15(9-7-14)21(24)25)19(23)20-29(26,27)16-10-4-13(2)5-11-16/h4-12H,3H2,1-2H3,(H,20,23)/b17-12+. The van der Waals surface area contributed by atoms with Gasteiger partial charge in [-0.1, -0.05) is 17.7 Å². The number of amides is 1. The van der Waals surface area contributed by atoms with Crippen molar-refractivity contribution in [3.05, 3.63) is 75.8 Å². The van der Waals surface area contributed by atoms with Gasteiger partial charge in [-0.3, -0.25) is 14.9 Å². The monoisotopic (exact) mass is 418 g/mol. The van der Waals surface area contributed by atoms with Gasteiger partial charge in [0.25, 0.3) is 21.6 Å². The molecule has 2 rings (SSSR count). The summed E-state index contributed by atoms with van der Waals surface area (Å²) in [6.45, 7) is 3.40. The van der Waals surface area contributed by atoms with Crippen LogP contribution in [0, 0.1) is 17.0 Å². The van der Waals surface area contributed by atoms with E-state index >= 15 is 0 Å². The van der Waals surface area contributed by atoms with Gasteiger partial charge < -0.3 is 4.74 Å². The highest BCUT2D eigenvalue weighted by atomic mass is 32.2. The molecule has 2 aromatic carbocycles. The zero-order valence-corrected chi connectivity index (χ0v) is 16.4. The van der Waals surface area contributed by atoms with E-state index < -0.39 is 26.8 Å². The molecule has 1 N–H and O–H groups in total. The van der Waals surface area contributed by atoms with Crippen molar-refractivity contribution in [1.29, 1.82) is 0 Å². The summed E-state index contributed by atoms with van der Waals surface area (Å²) in [7, 11) is -4.20. The van der Waals surface area contributed by atoms with Crippen molar-refractivity contribution in [2.75, 3.05) is 6.61 Å². The molecular weight excluding hydrogens is 400 g/mol. The molecule has 0 atom stereocenters. The average molecular weight is 418 g/mol. The molecule has 0 heterocycles. The van der Waals surface area contributed by atoms with E-state index in [0.717, 1.165) is 23.8 Å². The fourth-order valence-corrected chi connectivity index (χ4v) is 3.26. The predicted octanol–water partition coefficient (Wildman–Crippen LogP) is 2.35. The first-order valence-corrected chi connectivity index (χ1v) is 9.89. The van der Waals surface area contributed by atoms with Gasteiger partial charge in [0.2, 0.25) is 0 Å². The van der Waals surface area contributed by atoms with Crippen molar-refractivity contribution in [2.45, 2.75) is 18.7 Å². The predicted molar refractivity (Wildman–Crippen MR) is 104 cm³/mol. The number of esters is 1. The van der Waals surface area contributed by atoms with Gasteiger partial charge in [-0.2, -0.15) is 0 Å². The summed E-state index contributed by atoms with van der Waals surface area (Å²) in [5.74, 6) is -1.93. The van der Waals surface area contributed by atoms with Gasteiger partial charge in [0, 0.05) is 18.2 Å². The molecule has 29 heavy (non-hydrogen) atoms. The van der Waals surface area contributed by atoms with Crippen molar-refractivity contribution in [3.63, 3.8) is 0 Å². The first-order chi connectivity index (χ1) is 13.6. The normalized spacial score (nSPS) is 11.6. The summed E-state index contributed by atoms with van der Waals surface area (Å²) in [4.78, 5) is 34.6. The van der Waals surface area contributed by atoms with E-state index in [-0.39, 0.29) is 28.3 Å². The Balaban J connectivity index is 2.39. The highest BCUT2D eigenvalue weighted by Crippen LogP contribution is 2.20. The van der Waals surface area contributed by atoms with Crippen molar-refractivity contribution >= 4 is 33.2 Å². The summed E-state index contributed by atoms with van der Waals surface area (Å²) in [5, 5.41) is 10.8. The molecule has 9 nitrogen and oxygen atoms in total. The molecule has 0 saturated carbocycles. The number of aryl methyl sites for hydroxylation is 1. The molecular formula is C19H18N2O7S. The third-order valence-electron chi connectivity index (χ3n) is 3.74. The molecule has 0 aromatic heterocycles. The van der Waals surface area contributed by atoms with Crippen LogP contribution in [0.4, 0.5) is 5.69 Å². The number of benzene rings is 2. The molecule has 0 aliphatic carbocycles. The van der Waals surface area contributed by atoms with Crippen LogP contribution in [0.1, 0.15) is 18.1 Å². The van der Waals surface area contributed by atoms with Crippen molar-refractivity contribution in [2.24, 2.45) is 0 Å². The largest absolute Gasteiger partial charge is 0.463 e. The third kappa shape index (κ3) is 5.72. The molecule has 0 aliphatic heterocycles. The summed E-state index contributed by atoms with van der Waals surface area (Å²) in [6, 6.07) is 10.6. The number of hydrogen-bond acceptors (Lipinski definition) is 7. The van der Waals surface area contributed by atoms with Crippen molar-refractivity contribution < 1.29 is 27.7 Å². The van der Waals surface area contributed by atoms with Gasteiger partial charge in [0.1, 0.15) is 0 Å². The molecule has 2 aromatic rings. The molecule has 0 saturated heterocycles. The minimum atomic E-state index is -4.20. The molecule has 0 fully saturated rings. The molecule has 0 unspecified atom stereocenters. The summed E-state index contributed by atoms with van der Waals surface area (Å²) in [5.41, 5.74) is 0.412. The second kappa shape index (κ2) is 9.11. The van der Waals surface area contributed by atoms with Crippen LogP contribution in [-0.2, 0) is 24.3 Å². The van der Waals surface area contributed by atoms with Gasteiger partial charge in [-0.05, 0) is 43.7 Å². The van der Waals surface area contributed by atoms with E-state index in [1.54, 1.807) is 26.0 Å².